The van der Waals surface area contributed by atoms with Gasteiger partial charge in [0.15, 0.2) is 5.75 Å². The Morgan fingerprint density at radius 2 is 2.21 bits per heavy atom. The lowest BCUT2D eigenvalue weighted by atomic mass is 10.0. The third-order valence-electron chi connectivity index (χ3n) is 3.02. The van der Waals surface area contributed by atoms with E-state index in [1.807, 2.05) is 6.07 Å². The van der Waals surface area contributed by atoms with E-state index in [1.165, 1.54) is 6.07 Å². The molecule has 1 N–H and O–H groups in total. The smallest absolute Gasteiger partial charge is 0.161 e. The number of hydrogen-bond donors (Lipinski definition) is 1. The van der Waals surface area contributed by atoms with Gasteiger partial charge in [-0.15, -0.1) is 0 Å². The first-order valence-electron chi connectivity index (χ1n) is 5.77. The highest BCUT2D eigenvalue weighted by Crippen LogP contribution is 2.34. The van der Waals surface area contributed by atoms with Crippen LogP contribution in [0.15, 0.2) is 28.9 Å². The van der Waals surface area contributed by atoms with Crippen LogP contribution in [-0.4, -0.2) is 23.9 Å². The molecule has 0 bridgehead atoms. The van der Waals surface area contributed by atoms with Gasteiger partial charge in [-0.1, -0.05) is 22.0 Å². The summed E-state index contributed by atoms with van der Waals surface area (Å²) < 4.78 is 21.8. The zero-order valence-corrected chi connectivity index (χ0v) is 12.5. The Balaban J connectivity index is 2.59. The van der Waals surface area contributed by atoms with Crippen molar-refractivity contribution < 1.29 is 9.13 Å². The van der Waals surface area contributed by atoms with E-state index in [9.17, 15) is 4.39 Å². The zero-order chi connectivity index (χ0) is 14.0. The number of nitrogens with one attached hydrogen (secondary N) is 1. The van der Waals surface area contributed by atoms with Crippen LogP contribution in [0.1, 0.15) is 17.3 Å². The van der Waals surface area contributed by atoms with Gasteiger partial charge in [0, 0.05) is 17.1 Å². The second-order valence-electron chi connectivity index (χ2n) is 4.08. The minimum absolute atomic E-state index is 0.281. The Hall–Kier alpha value is -1.40. The molecule has 0 radical (unpaired) electrons. The van der Waals surface area contributed by atoms with Crippen molar-refractivity contribution in [3.05, 3.63) is 45.9 Å². The van der Waals surface area contributed by atoms with Gasteiger partial charge in [-0.2, -0.15) is 5.10 Å². The van der Waals surface area contributed by atoms with Gasteiger partial charge in [-0.05, 0) is 19.2 Å². The fraction of sp³-hybridized carbons (Fsp3) is 0.308. The van der Waals surface area contributed by atoms with E-state index in [-0.39, 0.29) is 11.9 Å². The SMILES string of the molecule is CNC(c1c(F)cccc1Br)c1c(OC)cnn1C. The van der Waals surface area contributed by atoms with Gasteiger partial charge in [0.2, 0.25) is 0 Å². The number of benzene rings is 1. The van der Waals surface area contributed by atoms with Gasteiger partial charge in [0.25, 0.3) is 0 Å². The third-order valence-corrected chi connectivity index (χ3v) is 3.71. The number of rotatable bonds is 4. The molecule has 0 aliphatic heterocycles. The number of hydrogen-bond acceptors (Lipinski definition) is 3. The minimum Gasteiger partial charge on any atom is -0.493 e. The maximum absolute atomic E-state index is 14.1. The van der Waals surface area contributed by atoms with Crippen molar-refractivity contribution in [1.29, 1.82) is 0 Å². The molecule has 0 saturated heterocycles. The van der Waals surface area contributed by atoms with Crippen molar-refractivity contribution in [2.24, 2.45) is 7.05 Å². The molecule has 4 nitrogen and oxygen atoms in total. The maximum Gasteiger partial charge on any atom is 0.161 e. The molecule has 1 atom stereocenters. The molecular formula is C13H15BrFN3O. The summed E-state index contributed by atoms with van der Waals surface area (Å²) in [7, 11) is 5.15. The van der Waals surface area contributed by atoms with Crippen molar-refractivity contribution in [3.8, 4) is 5.75 Å². The topological polar surface area (TPSA) is 39.1 Å². The second kappa shape index (κ2) is 5.71. The van der Waals surface area contributed by atoms with E-state index >= 15 is 0 Å². The van der Waals surface area contributed by atoms with E-state index in [0.717, 1.165) is 5.69 Å². The van der Waals surface area contributed by atoms with Gasteiger partial charge in [0.1, 0.15) is 11.5 Å². The molecule has 2 aromatic rings. The second-order valence-corrected chi connectivity index (χ2v) is 4.93. The van der Waals surface area contributed by atoms with Crippen molar-refractivity contribution in [1.82, 2.24) is 15.1 Å². The molecule has 1 unspecified atom stereocenters. The average Bonchev–Trinajstić information content (AvgIpc) is 2.75. The Bertz CT molecular complexity index is 565. The number of aromatic nitrogens is 2. The molecule has 0 amide bonds. The Morgan fingerprint density at radius 1 is 1.47 bits per heavy atom. The fourth-order valence-corrected chi connectivity index (χ4v) is 2.69. The van der Waals surface area contributed by atoms with Crippen molar-refractivity contribution in [2.75, 3.05) is 14.2 Å². The summed E-state index contributed by atoms with van der Waals surface area (Å²) >= 11 is 3.39. The van der Waals surface area contributed by atoms with Crippen LogP contribution in [0.25, 0.3) is 0 Å². The molecule has 0 saturated carbocycles. The third kappa shape index (κ3) is 2.50. The maximum atomic E-state index is 14.1. The van der Waals surface area contributed by atoms with Crippen LogP contribution >= 0.6 is 15.9 Å². The van der Waals surface area contributed by atoms with Crippen molar-refractivity contribution in [2.45, 2.75) is 6.04 Å². The highest BCUT2D eigenvalue weighted by Gasteiger charge is 2.25. The lowest BCUT2D eigenvalue weighted by molar-refractivity contribution is 0.401. The average molecular weight is 328 g/mol. The Kier molecular flexibility index (Phi) is 4.21. The van der Waals surface area contributed by atoms with Gasteiger partial charge in [-0.3, -0.25) is 4.68 Å². The molecule has 2 rings (SSSR count). The number of halogens is 2. The van der Waals surface area contributed by atoms with E-state index in [1.54, 1.807) is 38.2 Å². The minimum atomic E-state index is -0.349. The van der Waals surface area contributed by atoms with Crippen LogP contribution in [0.4, 0.5) is 4.39 Å². The predicted octanol–water partition coefficient (Wildman–Crippen LogP) is 2.64. The highest BCUT2D eigenvalue weighted by atomic mass is 79.9. The van der Waals surface area contributed by atoms with Crippen LogP contribution in [0.5, 0.6) is 5.75 Å². The fourth-order valence-electron chi connectivity index (χ4n) is 2.12. The molecule has 1 aromatic carbocycles. The lowest BCUT2D eigenvalue weighted by Gasteiger charge is -2.20. The molecule has 19 heavy (non-hydrogen) atoms. The molecule has 0 aliphatic carbocycles. The molecule has 1 heterocycles. The highest BCUT2D eigenvalue weighted by molar-refractivity contribution is 9.10. The molecular weight excluding hydrogens is 313 g/mol. The Labute approximate surface area is 119 Å². The van der Waals surface area contributed by atoms with Crippen molar-refractivity contribution in [3.63, 3.8) is 0 Å². The summed E-state index contributed by atoms with van der Waals surface area (Å²) in [5.74, 6) is 0.342. The van der Waals surface area contributed by atoms with Crippen LogP contribution in [0.3, 0.4) is 0 Å². The summed E-state index contributed by atoms with van der Waals surface area (Å²) in [6.45, 7) is 0. The van der Waals surface area contributed by atoms with E-state index in [2.05, 4.69) is 26.3 Å². The standard InChI is InChI=1S/C13H15BrFN3O/c1-16-12(11-8(14)5-4-6-9(11)15)13-10(19-3)7-17-18(13)2/h4-7,12,16H,1-3H3. The van der Waals surface area contributed by atoms with Crippen LogP contribution in [0, 0.1) is 5.82 Å². The number of nitrogens with zero attached hydrogens (tertiary/aromatic N) is 2. The monoisotopic (exact) mass is 327 g/mol. The first-order chi connectivity index (χ1) is 9.10. The molecule has 0 aliphatic rings. The van der Waals surface area contributed by atoms with E-state index in [0.29, 0.717) is 15.8 Å². The normalized spacial score (nSPS) is 12.5. The molecule has 0 spiro atoms. The lowest BCUT2D eigenvalue weighted by Crippen LogP contribution is -2.22. The quantitative estimate of drug-likeness (QED) is 0.938. The summed E-state index contributed by atoms with van der Waals surface area (Å²) in [6.07, 6.45) is 1.62. The van der Waals surface area contributed by atoms with Gasteiger partial charge < -0.3 is 10.1 Å². The van der Waals surface area contributed by atoms with Gasteiger partial charge >= 0.3 is 0 Å². The van der Waals surface area contributed by atoms with E-state index in [4.69, 9.17) is 4.74 Å². The molecule has 102 valence electrons. The van der Waals surface area contributed by atoms with Gasteiger partial charge in [-0.25, -0.2) is 4.39 Å². The summed E-state index contributed by atoms with van der Waals surface area (Å²) in [5.41, 5.74) is 1.31. The predicted molar refractivity (Wildman–Crippen MR) is 74.8 cm³/mol. The molecule has 1 aromatic heterocycles. The largest absolute Gasteiger partial charge is 0.493 e. The first-order valence-corrected chi connectivity index (χ1v) is 6.56. The Morgan fingerprint density at radius 3 is 2.79 bits per heavy atom. The first kappa shape index (κ1) is 14.0. The molecule has 6 heteroatoms. The number of methoxy groups -OCH3 is 1. The van der Waals surface area contributed by atoms with Gasteiger partial charge in [0.05, 0.1) is 19.3 Å². The molecule has 0 fully saturated rings. The van der Waals surface area contributed by atoms with Crippen molar-refractivity contribution >= 4 is 15.9 Å². The number of aryl methyl sites for hydroxylation is 1. The summed E-state index contributed by atoms with van der Waals surface area (Å²) in [4.78, 5) is 0. The zero-order valence-electron chi connectivity index (χ0n) is 10.9. The van der Waals surface area contributed by atoms with Crippen LogP contribution < -0.4 is 10.1 Å². The summed E-state index contributed by atoms with van der Waals surface area (Å²) in [6, 6.07) is 4.56. The van der Waals surface area contributed by atoms with Crippen LogP contribution in [-0.2, 0) is 7.05 Å². The summed E-state index contributed by atoms with van der Waals surface area (Å²) in [5, 5.41) is 7.26. The number of ether oxygens (including phenoxy) is 1. The van der Waals surface area contributed by atoms with E-state index < -0.39 is 0 Å². The van der Waals surface area contributed by atoms with Crippen LogP contribution in [0.2, 0.25) is 0 Å².